The monoisotopic (exact) mass is 298 g/mol. The van der Waals surface area contributed by atoms with Gasteiger partial charge in [0.1, 0.15) is 11.9 Å². The molecule has 0 fully saturated rings. The highest BCUT2D eigenvalue weighted by Crippen LogP contribution is 2.16. The first-order chi connectivity index (χ1) is 10.7. The predicted molar refractivity (Wildman–Crippen MR) is 81.3 cm³/mol. The summed E-state index contributed by atoms with van der Waals surface area (Å²) >= 11 is 0. The second-order valence-corrected chi connectivity index (χ2v) is 4.99. The van der Waals surface area contributed by atoms with Gasteiger partial charge < -0.3 is 9.84 Å². The van der Waals surface area contributed by atoms with Crippen LogP contribution in [0.25, 0.3) is 0 Å². The van der Waals surface area contributed by atoms with Crippen molar-refractivity contribution in [2.75, 3.05) is 5.32 Å². The van der Waals surface area contributed by atoms with Gasteiger partial charge in [0.15, 0.2) is 5.82 Å². The van der Waals surface area contributed by atoms with Gasteiger partial charge in [-0.15, -0.1) is 0 Å². The molecule has 3 heterocycles. The van der Waals surface area contributed by atoms with Gasteiger partial charge in [-0.25, -0.2) is 0 Å². The fraction of sp³-hybridized carbons (Fsp3) is 0.333. The van der Waals surface area contributed by atoms with E-state index in [1.165, 1.54) is 0 Å². The van der Waals surface area contributed by atoms with Gasteiger partial charge in [-0.2, -0.15) is 10.1 Å². The van der Waals surface area contributed by atoms with Crippen molar-refractivity contribution in [1.82, 2.24) is 24.9 Å². The van der Waals surface area contributed by atoms with E-state index in [-0.39, 0.29) is 6.04 Å². The van der Waals surface area contributed by atoms with Gasteiger partial charge in [0.05, 0.1) is 12.2 Å². The molecule has 3 aromatic rings. The molecule has 3 rings (SSSR count). The highest BCUT2D eigenvalue weighted by atomic mass is 16.5. The average Bonchev–Trinajstić information content (AvgIpc) is 3.17. The van der Waals surface area contributed by atoms with Gasteiger partial charge in [0.2, 0.25) is 5.89 Å². The first-order valence-electron chi connectivity index (χ1n) is 7.27. The van der Waals surface area contributed by atoms with Crippen LogP contribution in [0.15, 0.2) is 41.2 Å². The number of aromatic nitrogens is 5. The molecule has 0 radical (unpaired) electrons. The van der Waals surface area contributed by atoms with Crippen molar-refractivity contribution in [3.8, 4) is 0 Å². The van der Waals surface area contributed by atoms with Crippen LogP contribution in [0.2, 0.25) is 0 Å². The quantitative estimate of drug-likeness (QED) is 0.752. The zero-order chi connectivity index (χ0) is 15.4. The van der Waals surface area contributed by atoms with E-state index in [1.54, 1.807) is 6.20 Å². The Morgan fingerprint density at radius 1 is 1.32 bits per heavy atom. The molecule has 0 saturated heterocycles. The molecular formula is C15H18N6O. The molecule has 1 atom stereocenters. The zero-order valence-electron chi connectivity index (χ0n) is 12.6. The van der Waals surface area contributed by atoms with E-state index in [0.29, 0.717) is 18.3 Å². The molecule has 0 aromatic carbocycles. The van der Waals surface area contributed by atoms with Gasteiger partial charge in [0, 0.05) is 24.9 Å². The van der Waals surface area contributed by atoms with E-state index in [2.05, 4.69) is 25.5 Å². The van der Waals surface area contributed by atoms with Crippen LogP contribution in [-0.4, -0.2) is 24.9 Å². The number of anilines is 1. The predicted octanol–water partition coefficient (Wildman–Crippen LogP) is 2.44. The van der Waals surface area contributed by atoms with Gasteiger partial charge in [0.25, 0.3) is 0 Å². The lowest BCUT2D eigenvalue weighted by molar-refractivity contribution is 0.363. The van der Waals surface area contributed by atoms with Crippen molar-refractivity contribution >= 4 is 5.82 Å². The largest absolute Gasteiger partial charge is 0.357 e. The van der Waals surface area contributed by atoms with Gasteiger partial charge >= 0.3 is 0 Å². The Balaban J connectivity index is 1.63. The second-order valence-electron chi connectivity index (χ2n) is 4.99. The number of aryl methyl sites for hydroxylation is 1. The minimum absolute atomic E-state index is 0.0917. The van der Waals surface area contributed by atoms with Crippen LogP contribution in [-0.2, 0) is 13.0 Å². The SMILES string of the molecule is CCc1noc([C@H](C)Nc2ccn(Cc3ccccn3)n2)n1. The number of pyridine rings is 1. The van der Waals surface area contributed by atoms with Crippen molar-refractivity contribution in [2.24, 2.45) is 0 Å². The normalized spacial score (nSPS) is 12.3. The Morgan fingerprint density at radius 2 is 2.23 bits per heavy atom. The third-order valence-corrected chi connectivity index (χ3v) is 3.23. The molecule has 1 N–H and O–H groups in total. The molecule has 22 heavy (non-hydrogen) atoms. The van der Waals surface area contributed by atoms with Crippen LogP contribution in [0.5, 0.6) is 0 Å². The van der Waals surface area contributed by atoms with Crippen molar-refractivity contribution in [3.63, 3.8) is 0 Å². The molecule has 0 bridgehead atoms. The summed E-state index contributed by atoms with van der Waals surface area (Å²) in [5.41, 5.74) is 0.967. The molecule has 0 aliphatic rings. The van der Waals surface area contributed by atoms with Gasteiger partial charge in [-0.1, -0.05) is 18.1 Å². The second kappa shape index (κ2) is 6.38. The molecule has 114 valence electrons. The molecule has 0 saturated carbocycles. The van der Waals surface area contributed by atoms with Crippen LogP contribution in [0, 0.1) is 0 Å². The fourth-order valence-electron chi connectivity index (χ4n) is 2.05. The summed E-state index contributed by atoms with van der Waals surface area (Å²) in [6, 6.07) is 7.66. The van der Waals surface area contributed by atoms with Gasteiger partial charge in [-0.3, -0.25) is 9.67 Å². The molecule has 0 amide bonds. The number of nitrogens with zero attached hydrogens (tertiary/aromatic N) is 5. The lowest BCUT2D eigenvalue weighted by Gasteiger charge is -2.07. The number of hydrogen-bond acceptors (Lipinski definition) is 6. The molecule has 0 aliphatic heterocycles. The molecule has 7 heteroatoms. The summed E-state index contributed by atoms with van der Waals surface area (Å²) in [5.74, 6) is 2.04. The Morgan fingerprint density at radius 3 is 2.95 bits per heavy atom. The zero-order valence-corrected chi connectivity index (χ0v) is 12.6. The standard InChI is InChI=1S/C15H18N6O/c1-3-13-18-15(22-20-13)11(2)17-14-7-9-21(19-14)10-12-6-4-5-8-16-12/h4-9,11H,3,10H2,1-2H3,(H,17,19)/t11-/m0/s1. The lowest BCUT2D eigenvalue weighted by Crippen LogP contribution is -2.09. The Kier molecular flexibility index (Phi) is 4.13. The molecular weight excluding hydrogens is 280 g/mol. The van der Waals surface area contributed by atoms with Crippen molar-refractivity contribution in [2.45, 2.75) is 32.9 Å². The number of nitrogens with one attached hydrogen (secondary N) is 1. The smallest absolute Gasteiger partial charge is 0.248 e. The fourth-order valence-corrected chi connectivity index (χ4v) is 2.05. The third-order valence-electron chi connectivity index (χ3n) is 3.23. The summed E-state index contributed by atoms with van der Waals surface area (Å²) < 4.78 is 7.06. The Hall–Kier alpha value is -2.70. The summed E-state index contributed by atoms with van der Waals surface area (Å²) in [6.45, 7) is 4.59. The minimum Gasteiger partial charge on any atom is -0.357 e. The summed E-state index contributed by atoms with van der Waals surface area (Å²) in [4.78, 5) is 8.60. The van der Waals surface area contributed by atoms with E-state index >= 15 is 0 Å². The maximum Gasteiger partial charge on any atom is 0.248 e. The third kappa shape index (κ3) is 3.30. The molecule has 0 spiro atoms. The van der Waals surface area contributed by atoms with Crippen LogP contribution >= 0.6 is 0 Å². The topological polar surface area (TPSA) is 81.7 Å². The average molecular weight is 298 g/mol. The lowest BCUT2D eigenvalue weighted by atomic mass is 10.3. The molecule has 0 unspecified atom stereocenters. The molecule has 0 aliphatic carbocycles. The minimum atomic E-state index is -0.0917. The summed E-state index contributed by atoms with van der Waals surface area (Å²) in [7, 11) is 0. The van der Waals surface area contributed by atoms with Crippen LogP contribution < -0.4 is 5.32 Å². The molecule has 3 aromatic heterocycles. The number of hydrogen-bond donors (Lipinski definition) is 1. The van der Waals surface area contributed by atoms with E-state index in [9.17, 15) is 0 Å². The Labute approximate surface area is 128 Å². The van der Waals surface area contributed by atoms with E-state index in [1.807, 2.05) is 49.0 Å². The summed E-state index contributed by atoms with van der Waals surface area (Å²) in [6.07, 6.45) is 4.45. The Bertz CT molecular complexity index is 720. The maximum absolute atomic E-state index is 5.22. The van der Waals surface area contributed by atoms with E-state index in [4.69, 9.17) is 4.52 Å². The van der Waals surface area contributed by atoms with Crippen molar-refractivity contribution in [3.05, 3.63) is 54.1 Å². The van der Waals surface area contributed by atoms with E-state index < -0.39 is 0 Å². The summed E-state index contributed by atoms with van der Waals surface area (Å²) in [5, 5.41) is 11.6. The van der Waals surface area contributed by atoms with Gasteiger partial charge in [-0.05, 0) is 19.1 Å². The van der Waals surface area contributed by atoms with Crippen molar-refractivity contribution in [1.29, 1.82) is 0 Å². The van der Waals surface area contributed by atoms with Crippen LogP contribution in [0.4, 0.5) is 5.82 Å². The van der Waals surface area contributed by atoms with Crippen LogP contribution in [0.1, 0.15) is 37.3 Å². The number of rotatable bonds is 6. The van der Waals surface area contributed by atoms with Crippen LogP contribution in [0.3, 0.4) is 0 Å². The maximum atomic E-state index is 5.22. The highest BCUT2D eigenvalue weighted by Gasteiger charge is 2.14. The highest BCUT2D eigenvalue weighted by molar-refractivity contribution is 5.34. The molecule has 7 nitrogen and oxygen atoms in total. The van der Waals surface area contributed by atoms with Crippen molar-refractivity contribution < 1.29 is 4.52 Å². The first-order valence-corrected chi connectivity index (χ1v) is 7.27. The van der Waals surface area contributed by atoms with E-state index in [0.717, 1.165) is 17.9 Å². The first kappa shape index (κ1) is 14.2.